The van der Waals surface area contributed by atoms with Gasteiger partial charge in [-0.15, -0.1) is 0 Å². The Balaban J connectivity index is 1.37. The maximum Gasteiger partial charge on any atom is 0.118 e. The number of hydrogen-bond acceptors (Lipinski definition) is 4. The van der Waals surface area contributed by atoms with Crippen molar-refractivity contribution in [3.8, 4) is 0 Å². The number of aryl methyl sites for hydroxylation is 1. The van der Waals surface area contributed by atoms with Crippen LogP contribution in [0.25, 0.3) is 0 Å². The molecule has 1 aromatic heterocycles. The van der Waals surface area contributed by atoms with Gasteiger partial charge in [-0.3, -0.25) is 4.90 Å². The molecule has 2 bridgehead atoms. The third-order valence-electron chi connectivity index (χ3n) is 5.91. The Morgan fingerprint density at radius 2 is 2.21 bits per heavy atom. The minimum absolute atomic E-state index is 0.384. The van der Waals surface area contributed by atoms with E-state index in [4.69, 9.17) is 9.15 Å². The van der Waals surface area contributed by atoms with Gasteiger partial charge in [0.05, 0.1) is 25.9 Å². The number of fused-ring (bicyclic) bond motifs is 1. The van der Waals surface area contributed by atoms with Gasteiger partial charge in [-0.25, -0.2) is 0 Å². The van der Waals surface area contributed by atoms with Crippen molar-refractivity contribution in [2.45, 2.75) is 46.3 Å². The van der Waals surface area contributed by atoms with Crippen molar-refractivity contribution >= 4 is 0 Å². The lowest BCUT2D eigenvalue weighted by atomic mass is 9.49. The average Bonchev–Trinajstić information content (AvgIpc) is 2.92. The smallest absolute Gasteiger partial charge is 0.118 e. The Kier molecular flexibility index (Phi) is 5.19. The minimum atomic E-state index is -0.475. The van der Waals surface area contributed by atoms with Crippen LogP contribution in [0.3, 0.4) is 0 Å². The highest BCUT2D eigenvalue weighted by molar-refractivity contribution is 5.23. The van der Waals surface area contributed by atoms with Gasteiger partial charge in [0.2, 0.25) is 0 Å². The largest absolute Gasteiger partial charge is 0.465 e. The fourth-order valence-electron chi connectivity index (χ4n) is 4.27. The van der Waals surface area contributed by atoms with E-state index in [1.54, 1.807) is 0 Å². The highest BCUT2D eigenvalue weighted by Crippen LogP contribution is 2.59. The zero-order valence-electron chi connectivity index (χ0n) is 15.4. The molecule has 4 heteroatoms. The Morgan fingerprint density at radius 3 is 2.83 bits per heavy atom. The van der Waals surface area contributed by atoms with Crippen LogP contribution < -0.4 is 0 Å². The second-order valence-corrected chi connectivity index (χ2v) is 8.20. The SMILES string of the molecule is Cc1ccc(CN(C)C[C@H](O)COCC2=CC[C@H]3C[C@H]2C3(C)C)o1. The lowest BCUT2D eigenvalue weighted by Gasteiger charge is -2.56. The lowest BCUT2D eigenvalue weighted by Crippen LogP contribution is -2.48. The molecule has 0 spiro atoms. The molecule has 1 saturated carbocycles. The first-order valence-corrected chi connectivity index (χ1v) is 9.05. The minimum Gasteiger partial charge on any atom is -0.465 e. The van der Waals surface area contributed by atoms with Crippen LogP contribution in [0.4, 0.5) is 0 Å². The molecule has 3 aliphatic carbocycles. The Hall–Kier alpha value is -1.10. The van der Waals surface area contributed by atoms with Gasteiger partial charge in [-0.2, -0.15) is 0 Å². The molecule has 4 rings (SSSR count). The zero-order valence-corrected chi connectivity index (χ0v) is 15.4. The first-order chi connectivity index (χ1) is 11.4. The fourth-order valence-corrected chi connectivity index (χ4v) is 4.27. The lowest BCUT2D eigenvalue weighted by molar-refractivity contribution is -0.0258. The van der Waals surface area contributed by atoms with Gasteiger partial charge < -0.3 is 14.3 Å². The maximum atomic E-state index is 10.2. The Labute approximate surface area is 145 Å². The van der Waals surface area contributed by atoms with Crippen molar-refractivity contribution in [1.29, 1.82) is 0 Å². The van der Waals surface area contributed by atoms with Crippen LogP contribution in [0.1, 0.15) is 38.2 Å². The molecule has 3 atom stereocenters. The number of nitrogens with zero attached hydrogens (tertiary/aromatic N) is 1. The molecule has 3 aliphatic rings. The molecule has 1 heterocycles. The summed E-state index contributed by atoms with van der Waals surface area (Å²) in [7, 11) is 1.99. The van der Waals surface area contributed by atoms with E-state index in [9.17, 15) is 5.11 Å². The van der Waals surface area contributed by atoms with E-state index >= 15 is 0 Å². The normalized spacial score (nSPS) is 26.2. The summed E-state index contributed by atoms with van der Waals surface area (Å²) in [4.78, 5) is 2.06. The highest BCUT2D eigenvalue weighted by Gasteiger charge is 2.50. The molecule has 0 saturated heterocycles. The number of ether oxygens (including phenoxy) is 1. The van der Waals surface area contributed by atoms with E-state index < -0.39 is 6.10 Å². The van der Waals surface area contributed by atoms with E-state index in [-0.39, 0.29) is 0 Å². The van der Waals surface area contributed by atoms with Crippen LogP contribution >= 0.6 is 0 Å². The van der Waals surface area contributed by atoms with Crippen molar-refractivity contribution in [1.82, 2.24) is 4.90 Å². The molecule has 0 radical (unpaired) electrons. The summed E-state index contributed by atoms with van der Waals surface area (Å²) < 4.78 is 11.4. The number of allylic oxidation sites excluding steroid dienone is 1. The average molecular weight is 333 g/mol. The van der Waals surface area contributed by atoms with Crippen LogP contribution in [-0.4, -0.2) is 42.9 Å². The van der Waals surface area contributed by atoms with Crippen molar-refractivity contribution in [2.75, 3.05) is 26.8 Å². The van der Waals surface area contributed by atoms with Crippen molar-refractivity contribution in [3.05, 3.63) is 35.3 Å². The molecular weight excluding hydrogens is 302 g/mol. The van der Waals surface area contributed by atoms with E-state index in [0.29, 0.717) is 37.6 Å². The topological polar surface area (TPSA) is 45.8 Å². The van der Waals surface area contributed by atoms with Gasteiger partial charge in [-0.05, 0) is 61.8 Å². The first-order valence-electron chi connectivity index (χ1n) is 9.05. The second-order valence-electron chi connectivity index (χ2n) is 8.20. The van der Waals surface area contributed by atoms with Gasteiger partial charge in [0.25, 0.3) is 0 Å². The molecule has 1 fully saturated rings. The van der Waals surface area contributed by atoms with Gasteiger partial charge in [0.1, 0.15) is 11.5 Å². The molecular formula is C20H31NO3. The third-order valence-corrected chi connectivity index (χ3v) is 5.91. The summed E-state index contributed by atoms with van der Waals surface area (Å²) in [5.74, 6) is 3.38. The molecule has 1 N–H and O–H groups in total. The number of hydrogen-bond donors (Lipinski definition) is 1. The first kappa shape index (κ1) is 17.7. The third kappa shape index (κ3) is 3.76. The van der Waals surface area contributed by atoms with Gasteiger partial charge in [0.15, 0.2) is 0 Å². The number of rotatable bonds is 8. The van der Waals surface area contributed by atoms with Crippen LogP contribution in [-0.2, 0) is 11.3 Å². The summed E-state index contributed by atoms with van der Waals surface area (Å²) in [5.41, 5.74) is 1.88. The molecule has 4 nitrogen and oxygen atoms in total. The van der Waals surface area contributed by atoms with Crippen molar-refractivity contribution in [3.63, 3.8) is 0 Å². The van der Waals surface area contributed by atoms with Gasteiger partial charge >= 0.3 is 0 Å². The van der Waals surface area contributed by atoms with Gasteiger partial charge in [-0.1, -0.05) is 19.9 Å². The van der Waals surface area contributed by atoms with E-state index in [1.165, 1.54) is 18.4 Å². The molecule has 134 valence electrons. The van der Waals surface area contributed by atoms with Crippen LogP contribution in [0.5, 0.6) is 0 Å². The summed E-state index contributed by atoms with van der Waals surface area (Å²) in [5, 5.41) is 10.2. The zero-order chi connectivity index (χ0) is 17.3. The number of furan rings is 1. The molecule has 0 unspecified atom stereocenters. The summed E-state index contributed by atoms with van der Waals surface area (Å²) >= 11 is 0. The van der Waals surface area contributed by atoms with Crippen LogP contribution in [0, 0.1) is 24.2 Å². The quantitative estimate of drug-likeness (QED) is 0.741. The fraction of sp³-hybridized carbons (Fsp3) is 0.700. The van der Waals surface area contributed by atoms with E-state index in [1.807, 2.05) is 26.1 Å². The van der Waals surface area contributed by atoms with E-state index in [2.05, 4.69) is 24.8 Å². The molecule has 0 aliphatic heterocycles. The van der Waals surface area contributed by atoms with Crippen LogP contribution in [0.2, 0.25) is 0 Å². The predicted octanol–water partition coefficient (Wildman–Crippen LogP) is 3.39. The second kappa shape index (κ2) is 7.03. The van der Waals surface area contributed by atoms with Gasteiger partial charge in [0, 0.05) is 6.54 Å². The van der Waals surface area contributed by atoms with E-state index in [0.717, 1.165) is 17.4 Å². The van der Waals surface area contributed by atoms with Crippen molar-refractivity contribution in [2.24, 2.45) is 17.3 Å². The summed E-state index contributed by atoms with van der Waals surface area (Å²) in [6.45, 7) is 9.02. The molecule has 1 aromatic rings. The molecule has 0 aromatic carbocycles. The Morgan fingerprint density at radius 1 is 1.42 bits per heavy atom. The standard InChI is InChI=1S/C20H31NO3/c1-14-5-8-18(24-14)11-21(4)10-17(22)13-23-12-15-6-7-16-9-19(15)20(16,2)3/h5-6,8,16-17,19,22H,7,9-13H2,1-4H3/t16-,17-,19+/m0/s1. The number of aliphatic hydroxyl groups excluding tert-OH is 1. The maximum absolute atomic E-state index is 10.2. The summed E-state index contributed by atoms with van der Waals surface area (Å²) in [6, 6.07) is 3.95. The highest BCUT2D eigenvalue weighted by atomic mass is 16.5. The molecule has 0 amide bonds. The van der Waals surface area contributed by atoms with Crippen molar-refractivity contribution < 1.29 is 14.3 Å². The predicted molar refractivity (Wildman–Crippen MR) is 94.7 cm³/mol. The Bertz CT molecular complexity index is 589. The molecule has 24 heavy (non-hydrogen) atoms. The number of aliphatic hydroxyl groups is 1. The monoisotopic (exact) mass is 333 g/mol. The van der Waals surface area contributed by atoms with Crippen LogP contribution in [0.15, 0.2) is 28.2 Å². The summed E-state index contributed by atoms with van der Waals surface area (Å²) in [6.07, 6.45) is 4.39. The number of likely N-dealkylation sites (N-methyl/N-ethyl adjacent to an activating group) is 1.